The third kappa shape index (κ3) is 6.23. The highest BCUT2D eigenvalue weighted by molar-refractivity contribution is 5.90. The van der Waals surface area contributed by atoms with Gasteiger partial charge in [-0.3, -0.25) is 9.80 Å². The number of anilines is 1. The molecule has 2 heterocycles. The third-order valence-corrected chi connectivity index (χ3v) is 6.43. The van der Waals surface area contributed by atoms with Crippen LogP contribution in [0.1, 0.15) is 27.4 Å². The molecule has 0 radical (unpaired) electrons. The number of benzene rings is 3. The molecule has 1 aromatic heterocycles. The van der Waals surface area contributed by atoms with E-state index in [9.17, 15) is 9.59 Å². The highest BCUT2D eigenvalue weighted by atomic mass is 16.7. The molecule has 0 aliphatic carbocycles. The maximum atomic E-state index is 11.9. The normalized spacial score (nSPS) is 12.7. The lowest BCUT2D eigenvalue weighted by Crippen LogP contribution is -2.35. The smallest absolute Gasteiger partial charge is 0.337 e. The second-order valence-electron chi connectivity index (χ2n) is 9.16. The molecule has 10 heteroatoms. The van der Waals surface area contributed by atoms with E-state index in [2.05, 4.69) is 4.98 Å². The number of carbonyl (C=O) groups excluding carboxylic acids is 2. The molecule has 0 bridgehead atoms. The molecule has 0 saturated heterocycles. The van der Waals surface area contributed by atoms with Crippen molar-refractivity contribution < 1.29 is 33.1 Å². The van der Waals surface area contributed by atoms with Crippen LogP contribution in [0.3, 0.4) is 0 Å². The molecule has 41 heavy (non-hydrogen) atoms. The number of aryl methyl sites for hydroxylation is 1. The van der Waals surface area contributed by atoms with Gasteiger partial charge in [-0.15, -0.1) is 0 Å². The monoisotopic (exact) mass is 555 g/mol. The maximum Gasteiger partial charge on any atom is 0.337 e. The number of hydrogen-bond acceptors (Lipinski definition) is 10. The lowest BCUT2D eigenvalue weighted by molar-refractivity contribution is -0.133. The number of oxazole rings is 1. The summed E-state index contributed by atoms with van der Waals surface area (Å²) in [6.07, 6.45) is 2.50. The SMILES string of the molecule is COC(=O)c1cccc(-c2nc(COc3ccc(CON4C=C(C=O)CN4c4ccccc4)cc3OC)c(C)o2)c1. The van der Waals surface area contributed by atoms with Gasteiger partial charge in [0.15, 0.2) is 11.5 Å². The molecule has 0 saturated carbocycles. The molecule has 10 nitrogen and oxygen atoms in total. The molecule has 4 aromatic rings. The topological polar surface area (TPSA) is 104 Å². The molecular weight excluding hydrogens is 526 g/mol. The van der Waals surface area contributed by atoms with E-state index in [4.69, 9.17) is 23.5 Å². The summed E-state index contributed by atoms with van der Waals surface area (Å²) >= 11 is 0. The van der Waals surface area contributed by atoms with Gasteiger partial charge in [0.2, 0.25) is 5.89 Å². The zero-order valence-corrected chi connectivity index (χ0v) is 22.9. The Bertz CT molecular complexity index is 1570. The molecule has 3 aromatic carbocycles. The quantitative estimate of drug-likeness (QED) is 0.179. The van der Waals surface area contributed by atoms with Crippen molar-refractivity contribution in [2.45, 2.75) is 20.1 Å². The second kappa shape index (κ2) is 12.4. The molecule has 0 atom stereocenters. The van der Waals surface area contributed by atoms with Crippen molar-refractivity contribution >= 4 is 17.9 Å². The second-order valence-corrected chi connectivity index (χ2v) is 9.16. The Morgan fingerprint density at radius 3 is 2.59 bits per heavy atom. The van der Waals surface area contributed by atoms with Crippen LogP contribution in [0, 0.1) is 6.92 Å². The number of nitrogens with zero attached hydrogens (tertiary/aromatic N) is 3. The Morgan fingerprint density at radius 2 is 1.83 bits per heavy atom. The molecule has 0 amide bonds. The van der Waals surface area contributed by atoms with Gasteiger partial charge >= 0.3 is 5.97 Å². The molecule has 0 fully saturated rings. The highest BCUT2D eigenvalue weighted by Crippen LogP contribution is 2.31. The van der Waals surface area contributed by atoms with Crippen LogP contribution < -0.4 is 14.5 Å². The van der Waals surface area contributed by atoms with Crippen LogP contribution in [0.2, 0.25) is 0 Å². The molecule has 1 aliphatic heterocycles. The first-order valence-corrected chi connectivity index (χ1v) is 12.8. The van der Waals surface area contributed by atoms with Gasteiger partial charge in [0.1, 0.15) is 31.0 Å². The number of para-hydroxylation sites is 1. The van der Waals surface area contributed by atoms with E-state index in [0.717, 1.165) is 17.5 Å². The minimum Gasteiger partial charge on any atom is -0.493 e. The molecule has 1 aliphatic rings. The fourth-order valence-electron chi connectivity index (χ4n) is 4.27. The number of hydrogen-bond donors (Lipinski definition) is 0. The summed E-state index contributed by atoms with van der Waals surface area (Å²) in [4.78, 5) is 33.9. The summed E-state index contributed by atoms with van der Waals surface area (Å²) in [5.41, 5.74) is 4.04. The van der Waals surface area contributed by atoms with Gasteiger partial charge in [-0.05, 0) is 55.0 Å². The van der Waals surface area contributed by atoms with Crippen LogP contribution >= 0.6 is 0 Å². The number of aromatic nitrogens is 1. The number of hydrazine groups is 1. The molecule has 210 valence electrons. The maximum absolute atomic E-state index is 11.9. The van der Waals surface area contributed by atoms with Crippen LogP contribution in [0.15, 0.2) is 89.0 Å². The number of esters is 1. The fraction of sp³-hybridized carbons (Fsp3) is 0.194. The van der Waals surface area contributed by atoms with Gasteiger partial charge in [0.05, 0.1) is 38.2 Å². The first-order chi connectivity index (χ1) is 20.0. The van der Waals surface area contributed by atoms with E-state index >= 15 is 0 Å². The largest absolute Gasteiger partial charge is 0.493 e. The highest BCUT2D eigenvalue weighted by Gasteiger charge is 2.23. The van der Waals surface area contributed by atoms with Crippen LogP contribution in [0.25, 0.3) is 11.5 Å². The van der Waals surface area contributed by atoms with E-state index < -0.39 is 5.97 Å². The number of ether oxygens (including phenoxy) is 3. The number of aldehydes is 1. The van der Waals surface area contributed by atoms with Gasteiger partial charge in [-0.1, -0.05) is 30.3 Å². The molecule has 0 unspecified atom stereocenters. The number of methoxy groups -OCH3 is 2. The van der Waals surface area contributed by atoms with Crippen molar-refractivity contribution in [2.24, 2.45) is 0 Å². The molecule has 5 rings (SSSR count). The Balaban J connectivity index is 1.25. The van der Waals surface area contributed by atoms with Gasteiger partial charge < -0.3 is 18.6 Å². The average molecular weight is 556 g/mol. The van der Waals surface area contributed by atoms with Gasteiger partial charge in [0, 0.05) is 11.1 Å². The number of carbonyl (C=O) groups is 2. The fourth-order valence-corrected chi connectivity index (χ4v) is 4.27. The zero-order chi connectivity index (χ0) is 28.8. The van der Waals surface area contributed by atoms with Gasteiger partial charge in [-0.2, -0.15) is 5.17 Å². The van der Waals surface area contributed by atoms with E-state index in [1.165, 1.54) is 7.11 Å². The van der Waals surface area contributed by atoms with E-state index in [-0.39, 0.29) is 13.2 Å². The van der Waals surface area contributed by atoms with Crippen LogP contribution in [0.4, 0.5) is 5.69 Å². The molecular formula is C31H29N3O7. The lowest BCUT2D eigenvalue weighted by Gasteiger charge is -2.29. The van der Waals surface area contributed by atoms with E-state index in [1.807, 2.05) is 53.5 Å². The van der Waals surface area contributed by atoms with Gasteiger partial charge in [0.25, 0.3) is 0 Å². The minimum atomic E-state index is -0.434. The van der Waals surface area contributed by atoms with Gasteiger partial charge in [-0.25, -0.2) is 14.6 Å². The van der Waals surface area contributed by atoms with Crippen LogP contribution in [-0.2, 0) is 27.6 Å². The first-order valence-electron chi connectivity index (χ1n) is 12.8. The summed E-state index contributed by atoms with van der Waals surface area (Å²) in [5, 5.41) is 3.44. The summed E-state index contributed by atoms with van der Waals surface area (Å²) in [5.74, 6) is 1.61. The van der Waals surface area contributed by atoms with E-state index in [0.29, 0.717) is 52.1 Å². The van der Waals surface area contributed by atoms with Crippen LogP contribution in [0.5, 0.6) is 11.5 Å². The van der Waals surface area contributed by atoms with Crippen molar-refractivity contribution in [1.82, 2.24) is 10.2 Å². The Labute approximate surface area is 237 Å². The summed E-state index contributed by atoms with van der Waals surface area (Å²) in [6, 6.07) is 22.1. The average Bonchev–Trinajstić information content (AvgIpc) is 3.62. The van der Waals surface area contributed by atoms with Crippen molar-refractivity contribution in [3.63, 3.8) is 0 Å². The first kappa shape index (κ1) is 27.5. The molecule has 0 spiro atoms. The number of hydroxylamine groups is 1. The predicted molar refractivity (Wildman–Crippen MR) is 150 cm³/mol. The van der Waals surface area contributed by atoms with Crippen molar-refractivity contribution in [1.29, 1.82) is 0 Å². The zero-order valence-electron chi connectivity index (χ0n) is 22.9. The van der Waals surface area contributed by atoms with Crippen molar-refractivity contribution in [3.05, 3.63) is 107 Å². The Hall–Kier alpha value is -5.09. The molecule has 0 N–H and O–H groups in total. The standard InChI is InChI=1S/C31H29N3O7/c1-21-27(32-30(41-21)24-8-7-9-25(15-24)31(36)38-3)20-39-28-13-12-22(14-29(28)37-2)19-40-34-17-23(18-35)16-33(34)26-10-5-4-6-11-26/h4-15,17-18H,16,19-20H2,1-3H3. The Morgan fingerprint density at radius 1 is 1.00 bits per heavy atom. The Kier molecular flexibility index (Phi) is 8.31. The lowest BCUT2D eigenvalue weighted by atomic mass is 10.1. The summed E-state index contributed by atoms with van der Waals surface area (Å²) in [7, 11) is 2.90. The van der Waals surface area contributed by atoms with E-state index in [1.54, 1.807) is 49.7 Å². The number of rotatable bonds is 11. The van der Waals surface area contributed by atoms with Crippen molar-refractivity contribution in [2.75, 3.05) is 25.8 Å². The van der Waals surface area contributed by atoms with Crippen LogP contribution in [-0.4, -0.2) is 43.2 Å². The third-order valence-electron chi connectivity index (χ3n) is 6.43. The predicted octanol–water partition coefficient (Wildman–Crippen LogP) is 5.28. The minimum absolute atomic E-state index is 0.150. The summed E-state index contributed by atoms with van der Waals surface area (Å²) < 4.78 is 22.2. The van der Waals surface area contributed by atoms with Crippen molar-refractivity contribution in [3.8, 4) is 23.0 Å². The summed E-state index contributed by atoms with van der Waals surface area (Å²) in [6.45, 7) is 2.61.